The van der Waals surface area contributed by atoms with E-state index in [0.29, 0.717) is 0 Å². The van der Waals surface area contributed by atoms with Crippen molar-refractivity contribution < 1.29 is 8.78 Å². The van der Waals surface area contributed by atoms with E-state index in [-0.39, 0.29) is 5.41 Å². The first kappa shape index (κ1) is 11.2. The van der Waals surface area contributed by atoms with Crippen LogP contribution in [0.4, 0.5) is 8.78 Å². The van der Waals surface area contributed by atoms with E-state index in [2.05, 4.69) is 6.92 Å². The Bertz CT molecular complexity index is 316. The van der Waals surface area contributed by atoms with Gasteiger partial charge in [0.25, 0.3) is 0 Å². The van der Waals surface area contributed by atoms with Crippen molar-refractivity contribution in [2.75, 3.05) is 0 Å². The fourth-order valence-electron chi connectivity index (χ4n) is 1.69. The molecule has 1 aromatic rings. The average molecular weight is 198 g/mol. The molecule has 0 aromatic heterocycles. The minimum absolute atomic E-state index is 0.0801. The highest BCUT2D eigenvalue weighted by atomic mass is 19.2. The van der Waals surface area contributed by atoms with Gasteiger partial charge in [-0.1, -0.05) is 33.3 Å². The zero-order valence-corrected chi connectivity index (χ0v) is 8.90. The molecule has 0 N–H and O–H groups in total. The summed E-state index contributed by atoms with van der Waals surface area (Å²) in [6, 6.07) is 4.15. The Morgan fingerprint density at radius 3 is 2.29 bits per heavy atom. The lowest BCUT2D eigenvalue weighted by Gasteiger charge is -2.24. The summed E-state index contributed by atoms with van der Waals surface area (Å²) < 4.78 is 25.7. The number of hydrogen-bond acceptors (Lipinski definition) is 0. The van der Waals surface area contributed by atoms with E-state index in [1.807, 2.05) is 13.8 Å². The van der Waals surface area contributed by atoms with E-state index >= 15 is 0 Å². The number of hydrogen-bond donors (Lipinski definition) is 0. The first-order chi connectivity index (χ1) is 6.47. The summed E-state index contributed by atoms with van der Waals surface area (Å²) >= 11 is 0. The highest BCUT2D eigenvalue weighted by Gasteiger charge is 2.20. The van der Waals surface area contributed by atoms with Crippen LogP contribution in [0.1, 0.15) is 39.2 Å². The van der Waals surface area contributed by atoms with Gasteiger partial charge in [-0.2, -0.15) is 0 Å². The third-order valence-corrected chi connectivity index (χ3v) is 2.58. The van der Waals surface area contributed by atoms with Crippen LogP contribution in [0.5, 0.6) is 0 Å². The molecule has 0 unspecified atom stereocenters. The Hall–Kier alpha value is -0.920. The predicted octanol–water partition coefficient (Wildman–Crippen LogP) is 4.04. The molecule has 0 nitrogen and oxygen atoms in total. The van der Waals surface area contributed by atoms with Gasteiger partial charge < -0.3 is 0 Å². The molecule has 0 spiro atoms. The molecule has 0 atom stereocenters. The maximum Gasteiger partial charge on any atom is 0.159 e. The van der Waals surface area contributed by atoms with Crippen LogP contribution in [0.25, 0.3) is 0 Å². The van der Waals surface area contributed by atoms with Crippen LogP contribution in [-0.4, -0.2) is 0 Å². The molecule has 1 rings (SSSR count). The molecule has 0 aliphatic carbocycles. The van der Waals surface area contributed by atoms with E-state index in [1.54, 1.807) is 6.07 Å². The van der Waals surface area contributed by atoms with Crippen LogP contribution in [-0.2, 0) is 5.41 Å². The van der Waals surface area contributed by atoms with Gasteiger partial charge in [0.05, 0.1) is 0 Å². The Kier molecular flexibility index (Phi) is 3.25. The molecule has 1 aromatic carbocycles. The van der Waals surface area contributed by atoms with Crippen molar-refractivity contribution >= 4 is 0 Å². The van der Waals surface area contributed by atoms with Crippen molar-refractivity contribution in [3.8, 4) is 0 Å². The standard InChI is InChI=1S/C12H16F2/c1-4-7-12(2,3)9-5-6-10(13)11(14)8-9/h5-6,8H,4,7H2,1-3H3. The number of benzene rings is 1. The lowest BCUT2D eigenvalue weighted by Crippen LogP contribution is -2.16. The zero-order chi connectivity index (χ0) is 10.8. The highest BCUT2D eigenvalue weighted by molar-refractivity contribution is 5.25. The molecule has 0 aliphatic heterocycles. The smallest absolute Gasteiger partial charge is 0.159 e. The van der Waals surface area contributed by atoms with Gasteiger partial charge in [-0.15, -0.1) is 0 Å². The van der Waals surface area contributed by atoms with Crippen molar-refractivity contribution in [1.29, 1.82) is 0 Å². The van der Waals surface area contributed by atoms with E-state index in [4.69, 9.17) is 0 Å². The molecular weight excluding hydrogens is 182 g/mol. The fraction of sp³-hybridized carbons (Fsp3) is 0.500. The van der Waals surface area contributed by atoms with Crippen molar-refractivity contribution in [3.05, 3.63) is 35.4 Å². The molecular formula is C12H16F2. The molecule has 0 saturated carbocycles. The highest BCUT2D eigenvalue weighted by Crippen LogP contribution is 2.29. The third kappa shape index (κ3) is 2.31. The average Bonchev–Trinajstić information content (AvgIpc) is 2.09. The predicted molar refractivity (Wildman–Crippen MR) is 54.3 cm³/mol. The van der Waals surface area contributed by atoms with E-state index < -0.39 is 11.6 Å². The zero-order valence-electron chi connectivity index (χ0n) is 8.90. The monoisotopic (exact) mass is 198 g/mol. The van der Waals surface area contributed by atoms with Crippen LogP contribution in [0.3, 0.4) is 0 Å². The second-order valence-electron chi connectivity index (χ2n) is 4.26. The summed E-state index contributed by atoms with van der Waals surface area (Å²) in [7, 11) is 0. The van der Waals surface area contributed by atoms with Gasteiger partial charge in [-0.05, 0) is 29.5 Å². The molecule has 0 aliphatic rings. The van der Waals surface area contributed by atoms with Gasteiger partial charge >= 0.3 is 0 Å². The Morgan fingerprint density at radius 1 is 1.14 bits per heavy atom. The third-order valence-electron chi connectivity index (χ3n) is 2.58. The van der Waals surface area contributed by atoms with Crippen molar-refractivity contribution in [2.24, 2.45) is 0 Å². The summed E-state index contributed by atoms with van der Waals surface area (Å²) in [6.45, 7) is 6.17. The Balaban J connectivity index is 3.01. The second-order valence-corrected chi connectivity index (χ2v) is 4.26. The number of rotatable bonds is 3. The van der Waals surface area contributed by atoms with Gasteiger partial charge in [0, 0.05) is 0 Å². The first-order valence-corrected chi connectivity index (χ1v) is 4.93. The van der Waals surface area contributed by atoms with Crippen LogP contribution in [0.15, 0.2) is 18.2 Å². The topological polar surface area (TPSA) is 0 Å². The number of halogens is 2. The van der Waals surface area contributed by atoms with Gasteiger partial charge in [-0.25, -0.2) is 8.78 Å². The lowest BCUT2D eigenvalue weighted by atomic mass is 9.81. The molecule has 78 valence electrons. The molecule has 0 bridgehead atoms. The second kappa shape index (κ2) is 4.07. The maximum absolute atomic E-state index is 13.0. The molecule has 2 heteroatoms. The SMILES string of the molecule is CCCC(C)(C)c1ccc(F)c(F)c1. The van der Waals surface area contributed by atoms with E-state index in [1.165, 1.54) is 12.1 Å². The summed E-state index contributed by atoms with van der Waals surface area (Å²) in [6.07, 6.45) is 2.00. The van der Waals surface area contributed by atoms with Gasteiger partial charge in [0.2, 0.25) is 0 Å². The van der Waals surface area contributed by atoms with Gasteiger partial charge in [-0.3, -0.25) is 0 Å². The van der Waals surface area contributed by atoms with Crippen molar-refractivity contribution in [2.45, 2.75) is 39.0 Å². The Labute approximate surface area is 84.0 Å². The normalized spacial score (nSPS) is 11.8. The van der Waals surface area contributed by atoms with Crippen LogP contribution < -0.4 is 0 Å². The maximum atomic E-state index is 13.0. The summed E-state index contributed by atoms with van der Waals surface area (Å²) in [4.78, 5) is 0. The molecule has 0 amide bonds. The van der Waals surface area contributed by atoms with Crippen molar-refractivity contribution in [3.63, 3.8) is 0 Å². The molecule has 0 saturated heterocycles. The van der Waals surface area contributed by atoms with Gasteiger partial charge in [0.15, 0.2) is 11.6 Å². The Morgan fingerprint density at radius 2 is 1.79 bits per heavy atom. The van der Waals surface area contributed by atoms with E-state index in [0.717, 1.165) is 18.4 Å². The first-order valence-electron chi connectivity index (χ1n) is 4.93. The summed E-state index contributed by atoms with van der Waals surface area (Å²) in [5.74, 6) is -1.53. The minimum Gasteiger partial charge on any atom is -0.204 e. The van der Waals surface area contributed by atoms with Gasteiger partial charge in [0.1, 0.15) is 0 Å². The minimum atomic E-state index is -0.777. The quantitative estimate of drug-likeness (QED) is 0.687. The summed E-state index contributed by atoms with van der Waals surface area (Å²) in [5.41, 5.74) is 0.779. The molecule has 14 heavy (non-hydrogen) atoms. The summed E-state index contributed by atoms with van der Waals surface area (Å²) in [5, 5.41) is 0. The van der Waals surface area contributed by atoms with E-state index in [9.17, 15) is 8.78 Å². The van der Waals surface area contributed by atoms with Crippen LogP contribution in [0, 0.1) is 11.6 Å². The molecule has 0 fully saturated rings. The van der Waals surface area contributed by atoms with Crippen molar-refractivity contribution in [1.82, 2.24) is 0 Å². The van der Waals surface area contributed by atoms with Crippen LogP contribution >= 0.6 is 0 Å². The van der Waals surface area contributed by atoms with Crippen LogP contribution in [0.2, 0.25) is 0 Å². The molecule has 0 radical (unpaired) electrons. The lowest BCUT2D eigenvalue weighted by molar-refractivity contribution is 0.459. The largest absolute Gasteiger partial charge is 0.204 e. The molecule has 0 heterocycles. The fourth-order valence-corrected chi connectivity index (χ4v) is 1.69.